The third-order valence-corrected chi connectivity index (χ3v) is 5.22. The lowest BCUT2D eigenvalue weighted by molar-refractivity contribution is -0.137. The van der Waals surface area contributed by atoms with Crippen LogP contribution in [-0.2, 0) is 16.0 Å². The maximum Gasteiger partial charge on any atom is 0.356 e. The highest BCUT2D eigenvalue weighted by atomic mass is 16.5. The lowest BCUT2D eigenvalue weighted by Crippen LogP contribution is -2.37. The van der Waals surface area contributed by atoms with E-state index in [1.54, 1.807) is 38.2 Å². The van der Waals surface area contributed by atoms with Gasteiger partial charge in [0, 0.05) is 37.6 Å². The lowest BCUT2D eigenvalue weighted by atomic mass is 9.99. The second kappa shape index (κ2) is 7.81. The summed E-state index contributed by atoms with van der Waals surface area (Å²) in [6.45, 7) is 3.03. The Labute approximate surface area is 174 Å². The number of aliphatic hydroxyl groups is 1. The first-order valence-electron chi connectivity index (χ1n) is 9.86. The highest BCUT2D eigenvalue weighted by molar-refractivity contribution is 5.90. The molecule has 0 saturated carbocycles. The first-order valence-corrected chi connectivity index (χ1v) is 9.86. The molecule has 0 spiro atoms. The van der Waals surface area contributed by atoms with Gasteiger partial charge in [-0.2, -0.15) is 0 Å². The zero-order valence-corrected chi connectivity index (χ0v) is 16.9. The molecule has 2 aliphatic rings. The molecule has 7 nitrogen and oxygen atoms in total. The topological polar surface area (TPSA) is 89.0 Å². The van der Waals surface area contributed by atoms with E-state index in [0.29, 0.717) is 35.7 Å². The van der Waals surface area contributed by atoms with Gasteiger partial charge in [0.2, 0.25) is 5.60 Å². The lowest BCUT2D eigenvalue weighted by Gasteiger charge is -2.13. The normalized spacial score (nSPS) is 19.7. The molecule has 1 aromatic carbocycles. The second-order valence-corrected chi connectivity index (χ2v) is 7.33. The molecule has 0 radical (unpaired) electrons. The van der Waals surface area contributed by atoms with E-state index in [0.717, 1.165) is 12.0 Å². The fraction of sp³-hybridized carbons (Fsp3) is 0.348. The maximum atomic E-state index is 12.2. The van der Waals surface area contributed by atoms with Crippen molar-refractivity contribution in [1.82, 2.24) is 9.88 Å². The van der Waals surface area contributed by atoms with E-state index >= 15 is 0 Å². The number of nitrogens with zero attached hydrogens (tertiary/aromatic N) is 2. The SMILES string of the molecule is CCOC(=O)c1cccc(-c2cc(C#C[C@]3(O)CCN(C)C3=O)cc3c2OCC3)n1. The van der Waals surface area contributed by atoms with Gasteiger partial charge in [-0.3, -0.25) is 4.79 Å². The Hall–Kier alpha value is -3.37. The van der Waals surface area contributed by atoms with Crippen LogP contribution in [0.5, 0.6) is 5.75 Å². The summed E-state index contributed by atoms with van der Waals surface area (Å²) in [5.74, 6) is 5.54. The Balaban J connectivity index is 1.74. The molecule has 0 aliphatic carbocycles. The highest BCUT2D eigenvalue weighted by Crippen LogP contribution is 2.37. The van der Waals surface area contributed by atoms with Crippen LogP contribution in [0.4, 0.5) is 0 Å². The van der Waals surface area contributed by atoms with E-state index in [-0.39, 0.29) is 24.6 Å². The van der Waals surface area contributed by atoms with Gasteiger partial charge < -0.3 is 19.5 Å². The van der Waals surface area contributed by atoms with Gasteiger partial charge >= 0.3 is 5.97 Å². The van der Waals surface area contributed by atoms with E-state index in [4.69, 9.17) is 9.47 Å². The number of pyridine rings is 1. The molecule has 0 unspecified atom stereocenters. The molecule has 30 heavy (non-hydrogen) atoms. The van der Waals surface area contributed by atoms with Gasteiger partial charge in [0.1, 0.15) is 11.4 Å². The minimum atomic E-state index is -1.66. The standard InChI is InChI=1S/C23H22N2O5/c1-3-29-21(26)19-6-4-5-18(24-19)17-14-15(13-16-8-12-30-20(16)17)7-9-23(28)10-11-25(2)22(23)27/h4-6,13-14,28H,3,8,10-12H2,1-2H3/t23-/m0/s1. The average molecular weight is 406 g/mol. The van der Waals surface area contributed by atoms with Gasteiger partial charge in [0.15, 0.2) is 0 Å². The molecule has 1 atom stereocenters. The van der Waals surface area contributed by atoms with Crippen LogP contribution in [0.3, 0.4) is 0 Å². The molecule has 1 N–H and O–H groups in total. The molecule has 1 aromatic heterocycles. The van der Waals surface area contributed by atoms with Gasteiger partial charge in [-0.05, 0) is 36.8 Å². The molecule has 1 fully saturated rings. The zero-order valence-electron chi connectivity index (χ0n) is 16.9. The number of hydrogen-bond acceptors (Lipinski definition) is 6. The molecule has 7 heteroatoms. The largest absolute Gasteiger partial charge is 0.492 e. The van der Waals surface area contributed by atoms with Crippen molar-refractivity contribution < 1.29 is 24.2 Å². The quantitative estimate of drug-likeness (QED) is 0.618. The van der Waals surface area contributed by atoms with Crippen LogP contribution in [0.1, 0.15) is 35.0 Å². The summed E-state index contributed by atoms with van der Waals surface area (Å²) in [4.78, 5) is 30.2. The fourth-order valence-electron chi connectivity index (χ4n) is 3.62. The summed E-state index contributed by atoms with van der Waals surface area (Å²) >= 11 is 0. The van der Waals surface area contributed by atoms with Crippen LogP contribution in [0.25, 0.3) is 11.3 Å². The molecule has 4 rings (SSSR count). The summed E-state index contributed by atoms with van der Waals surface area (Å²) < 4.78 is 10.8. The molecule has 1 amide bonds. The van der Waals surface area contributed by atoms with Crippen molar-refractivity contribution >= 4 is 11.9 Å². The van der Waals surface area contributed by atoms with Crippen molar-refractivity contribution in [3.05, 3.63) is 47.2 Å². The molecule has 0 bridgehead atoms. The second-order valence-electron chi connectivity index (χ2n) is 7.33. The van der Waals surface area contributed by atoms with Crippen LogP contribution in [0.2, 0.25) is 0 Å². The summed E-state index contributed by atoms with van der Waals surface area (Å²) in [5.41, 5.74) is 1.45. The molecule has 1 saturated heterocycles. The van der Waals surface area contributed by atoms with Gasteiger partial charge in [0.05, 0.1) is 18.9 Å². The van der Waals surface area contributed by atoms with Crippen LogP contribution in [0.15, 0.2) is 30.3 Å². The fourth-order valence-corrected chi connectivity index (χ4v) is 3.62. The maximum absolute atomic E-state index is 12.2. The summed E-state index contributed by atoms with van der Waals surface area (Å²) in [6, 6.07) is 8.84. The van der Waals surface area contributed by atoms with Crippen molar-refractivity contribution in [2.75, 3.05) is 26.8 Å². The number of fused-ring (bicyclic) bond motifs is 1. The Morgan fingerprint density at radius 1 is 1.40 bits per heavy atom. The molecular weight excluding hydrogens is 384 g/mol. The number of carbonyl (C=O) groups is 2. The molecule has 2 aliphatic heterocycles. The van der Waals surface area contributed by atoms with E-state index < -0.39 is 11.6 Å². The van der Waals surface area contributed by atoms with Crippen molar-refractivity contribution in [1.29, 1.82) is 0 Å². The monoisotopic (exact) mass is 406 g/mol. The smallest absolute Gasteiger partial charge is 0.356 e. The van der Waals surface area contributed by atoms with Crippen LogP contribution >= 0.6 is 0 Å². The first kappa shape index (κ1) is 19.9. The summed E-state index contributed by atoms with van der Waals surface area (Å²) in [6.07, 6.45) is 1.00. The molecular formula is C23H22N2O5. The number of aromatic nitrogens is 1. The van der Waals surface area contributed by atoms with Crippen LogP contribution in [-0.4, -0.2) is 59.3 Å². The number of amides is 1. The predicted molar refractivity (Wildman–Crippen MR) is 109 cm³/mol. The minimum absolute atomic E-state index is 0.214. The number of ether oxygens (including phenoxy) is 2. The highest BCUT2D eigenvalue weighted by Gasteiger charge is 2.42. The number of hydrogen-bond donors (Lipinski definition) is 1. The van der Waals surface area contributed by atoms with Crippen molar-refractivity contribution in [3.63, 3.8) is 0 Å². The summed E-state index contributed by atoms with van der Waals surface area (Å²) in [7, 11) is 1.65. The van der Waals surface area contributed by atoms with E-state index in [2.05, 4.69) is 16.8 Å². The van der Waals surface area contributed by atoms with Gasteiger partial charge in [-0.25, -0.2) is 9.78 Å². The van der Waals surface area contributed by atoms with Crippen LogP contribution in [0, 0.1) is 11.8 Å². The Kier molecular flexibility index (Phi) is 5.18. The zero-order chi connectivity index (χ0) is 21.3. The molecule has 2 aromatic rings. The number of rotatable bonds is 3. The van der Waals surface area contributed by atoms with Gasteiger partial charge in [0.25, 0.3) is 5.91 Å². The third kappa shape index (κ3) is 3.62. The van der Waals surface area contributed by atoms with Crippen molar-refractivity contribution in [2.24, 2.45) is 0 Å². The van der Waals surface area contributed by atoms with E-state index in [1.807, 2.05) is 6.07 Å². The first-order chi connectivity index (χ1) is 14.4. The van der Waals surface area contributed by atoms with Crippen LogP contribution < -0.4 is 4.74 Å². The number of likely N-dealkylation sites (N-methyl/N-ethyl adjacent to an activating group) is 1. The third-order valence-electron chi connectivity index (χ3n) is 5.22. The number of carbonyl (C=O) groups excluding carboxylic acids is 2. The van der Waals surface area contributed by atoms with Crippen molar-refractivity contribution in [3.8, 4) is 28.8 Å². The molecule has 3 heterocycles. The summed E-state index contributed by atoms with van der Waals surface area (Å²) in [5, 5.41) is 10.6. The predicted octanol–water partition coefficient (Wildman–Crippen LogP) is 1.80. The number of benzene rings is 1. The Morgan fingerprint density at radius 3 is 2.97 bits per heavy atom. The Morgan fingerprint density at radius 2 is 2.23 bits per heavy atom. The average Bonchev–Trinajstić information content (AvgIpc) is 3.33. The number of esters is 1. The van der Waals surface area contributed by atoms with E-state index in [1.165, 1.54) is 4.90 Å². The van der Waals surface area contributed by atoms with Crippen molar-refractivity contribution in [2.45, 2.75) is 25.4 Å². The Bertz CT molecular complexity index is 1080. The number of likely N-dealkylation sites (tertiary alicyclic amines) is 1. The van der Waals surface area contributed by atoms with Gasteiger partial charge in [-0.1, -0.05) is 17.9 Å². The van der Waals surface area contributed by atoms with E-state index in [9.17, 15) is 14.7 Å². The van der Waals surface area contributed by atoms with Gasteiger partial charge in [-0.15, -0.1) is 0 Å². The minimum Gasteiger partial charge on any atom is -0.492 e. The molecule has 154 valence electrons.